The first-order valence-electron chi connectivity index (χ1n) is 15.3. The highest BCUT2D eigenvalue weighted by Crippen LogP contribution is 2.34. The number of carbonyl (C=O) groups is 5. The Morgan fingerprint density at radius 3 is 1.40 bits per heavy atom. The van der Waals surface area contributed by atoms with Crippen LogP contribution in [0.4, 0.5) is 16.2 Å². The zero-order chi connectivity index (χ0) is 37.4. The lowest BCUT2D eigenvalue weighted by atomic mass is 9.86. The highest BCUT2D eigenvalue weighted by molar-refractivity contribution is 7.90. The molecule has 0 aromatic heterocycles. The topological polar surface area (TPSA) is 243 Å². The van der Waals surface area contributed by atoms with Crippen molar-refractivity contribution >= 4 is 72.4 Å². The number of urea groups is 1. The molecular formula is C35H26N4O11S2. The van der Waals surface area contributed by atoms with E-state index in [-0.39, 0.29) is 93.5 Å². The molecule has 4 aliphatic carbocycles. The van der Waals surface area contributed by atoms with Gasteiger partial charge in [0.2, 0.25) is 0 Å². The molecule has 0 bridgehead atoms. The van der Waals surface area contributed by atoms with Gasteiger partial charge in [0.25, 0.3) is 32.1 Å². The van der Waals surface area contributed by atoms with Crippen molar-refractivity contribution in [3.05, 3.63) is 128 Å². The van der Waals surface area contributed by atoms with E-state index < -0.39 is 47.9 Å². The van der Waals surface area contributed by atoms with Crippen molar-refractivity contribution in [3.63, 3.8) is 0 Å². The highest BCUT2D eigenvalue weighted by Gasteiger charge is 2.31. The zero-order valence-corrected chi connectivity index (χ0v) is 28.3. The van der Waals surface area contributed by atoms with Gasteiger partial charge in [-0.15, -0.1) is 0 Å². The molecule has 2 aromatic rings. The molecule has 0 aliphatic heterocycles. The maximum atomic E-state index is 13.1. The summed E-state index contributed by atoms with van der Waals surface area (Å²) in [5, 5.41) is 5.16. The number of amides is 4. The molecule has 0 spiro atoms. The van der Waals surface area contributed by atoms with Crippen molar-refractivity contribution in [2.45, 2.75) is 25.7 Å². The summed E-state index contributed by atoms with van der Waals surface area (Å²) in [5.41, 5.74) is 1.32. The summed E-state index contributed by atoms with van der Waals surface area (Å²) in [4.78, 5) is 70.4. The summed E-state index contributed by atoms with van der Waals surface area (Å²) in [6.07, 6.45) is 7.02. The van der Waals surface area contributed by atoms with Gasteiger partial charge in [-0.1, -0.05) is 24.3 Å². The molecule has 4 N–H and O–H groups in total. The summed E-state index contributed by atoms with van der Waals surface area (Å²) < 4.78 is 66.6. The lowest BCUT2D eigenvalue weighted by molar-refractivity contribution is -0.118. The van der Waals surface area contributed by atoms with E-state index in [1.807, 2.05) is 0 Å². The monoisotopic (exact) mass is 742 g/mol. The first kappa shape index (κ1) is 35.8. The third kappa shape index (κ3) is 7.82. The Hall–Kier alpha value is -6.01. The Kier molecular flexibility index (Phi) is 9.61. The molecule has 52 heavy (non-hydrogen) atoms. The normalized spacial score (nSPS) is 18.9. The average molecular weight is 743 g/mol. The van der Waals surface area contributed by atoms with Crippen LogP contribution in [-0.2, 0) is 29.8 Å². The molecule has 17 heteroatoms. The van der Waals surface area contributed by atoms with Crippen molar-refractivity contribution in [2.75, 3.05) is 10.6 Å². The second-order valence-electron chi connectivity index (χ2n) is 11.7. The van der Waals surface area contributed by atoms with Gasteiger partial charge >= 0.3 is 6.03 Å². The molecule has 0 saturated carbocycles. The van der Waals surface area contributed by atoms with Gasteiger partial charge in [0.1, 0.15) is 11.6 Å². The second-order valence-corrected chi connectivity index (χ2v) is 14.5. The SMILES string of the molecule is O=C1CC=C2C(=NC(=O)c3cccc(NC(=O)Nc4cccc(C(=O)N=C5C=CC(S(=O)(=O)O)=C6CC(=O)CC=C56)c4)c3)C=CC(S(=O)(=O)O)=C2C1. The van der Waals surface area contributed by atoms with Crippen LogP contribution in [0.3, 0.4) is 0 Å². The largest absolute Gasteiger partial charge is 0.323 e. The third-order valence-corrected chi connectivity index (χ3v) is 10.0. The van der Waals surface area contributed by atoms with Crippen LogP contribution in [0.2, 0.25) is 0 Å². The van der Waals surface area contributed by atoms with Crippen molar-refractivity contribution in [1.82, 2.24) is 0 Å². The third-order valence-electron chi connectivity index (χ3n) is 8.13. The highest BCUT2D eigenvalue weighted by atomic mass is 32.2. The van der Waals surface area contributed by atoms with Crippen molar-refractivity contribution in [1.29, 1.82) is 0 Å². The maximum Gasteiger partial charge on any atom is 0.323 e. The molecule has 0 unspecified atom stereocenters. The minimum absolute atomic E-state index is 0.00382. The average Bonchev–Trinajstić information content (AvgIpc) is 3.07. The van der Waals surface area contributed by atoms with Gasteiger partial charge in [0.05, 0.1) is 21.2 Å². The fraction of sp³-hybridized carbons (Fsp3) is 0.114. The number of carbonyl (C=O) groups excluding carboxylic acids is 5. The van der Waals surface area contributed by atoms with Crippen LogP contribution in [0.25, 0.3) is 0 Å². The van der Waals surface area contributed by atoms with E-state index in [4.69, 9.17) is 0 Å². The van der Waals surface area contributed by atoms with Gasteiger partial charge in [-0.2, -0.15) is 16.8 Å². The molecule has 0 atom stereocenters. The van der Waals surface area contributed by atoms with Crippen LogP contribution in [0.15, 0.2) is 127 Å². The summed E-state index contributed by atoms with van der Waals surface area (Å²) >= 11 is 0. The smallest absolute Gasteiger partial charge is 0.308 e. The molecule has 15 nitrogen and oxygen atoms in total. The van der Waals surface area contributed by atoms with Crippen LogP contribution < -0.4 is 10.6 Å². The van der Waals surface area contributed by atoms with Crippen LogP contribution >= 0.6 is 0 Å². The van der Waals surface area contributed by atoms with Gasteiger partial charge in [-0.3, -0.25) is 28.3 Å². The number of nitrogens with zero attached hydrogens (tertiary/aromatic N) is 2. The minimum Gasteiger partial charge on any atom is -0.308 e. The maximum absolute atomic E-state index is 13.1. The number of nitrogens with one attached hydrogen (secondary N) is 2. The number of Topliss-reactive ketones (excluding diaryl/α,β-unsaturated/α-hetero) is 2. The van der Waals surface area contributed by atoms with Crippen LogP contribution in [0.5, 0.6) is 0 Å². The van der Waals surface area contributed by atoms with Crippen molar-refractivity contribution in [3.8, 4) is 0 Å². The standard InChI is InChI=1S/C35H26N4O11S2/c40-23-7-9-25-27(17-23)31(51(45,46)47)13-11-29(25)38-33(42)19-3-1-5-21(15-19)36-35(44)37-22-6-2-4-20(16-22)34(43)39-30-12-14-32(52(48,49)50)28-18-24(41)8-10-26(28)30/h1-6,9-16H,7-8,17-18H2,(H2,36,37,44)(H,45,46,47)(H,48,49,50). The van der Waals surface area contributed by atoms with Crippen LogP contribution in [-0.4, -0.2) is 66.8 Å². The molecule has 2 aromatic carbocycles. The van der Waals surface area contributed by atoms with Gasteiger partial charge < -0.3 is 10.6 Å². The Morgan fingerprint density at radius 1 is 0.615 bits per heavy atom. The number of allylic oxidation sites excluding steroid dienone is 10. The molecule has 0 radical (unpaired) electrons. The first-order chi connectivity index (χ1) is 24.6. The molecule has 6 rings (SSSR count). The first-order valence-corrected chi connectivity index (χ1v) is 18.2. The number of hydrogen-bond acceptors (Lipinski definition) is 9. The number of fused-ring (bicyclic) bond motifs is 2. The predicted molar refractivity (Wildman–Crippen MR) is 189 cm³/mol. The molecule has 4 amide bonds. The Balaban J connectivity index is 1.15. The number of hydrogen-bond donors (Lipinski definition) is 4. The Bertz CT molecular complexity index is 2330. The van der Waals surface area contributed by atoms with E-state index in [1.165, 1.54) is 72.8 Å². The van der Waals surface area contributed by atoms with E-state index in [9.17, 15) is 49.9 Å². The van der Waals surface area contributed by atoms with E-state index in [2.05, 4.69) is 20.6 Å². The van der Waals surface area contributed by atoms with E-state index in [1.54, 1.807) is 0 Å². The minimum atomic E-state index is -4.64. The van der Waals surface area contributed by atoms with Crippen molar-refractivity contribution in [2.24, 2.45) is 9.98 Å². The van der Waals surface area contributed by atoms with Gasteiger partial charge in [-0.05, 0) is 71.8 Å². The lowest BCUT2D eigenvalue weighted by Crippen LogP contribution is -2.21. The van der Waals surface area contributed by atoms with E-state index in [0.29, 0.717) is 0 Å². The van der Waals surface area contributed by atoms with Crippen LogP contribution in [0, 0.1) is 0 Å². The quantitative estimate of drug-likeness (QED) is 0.300. The molecule has 264 valence electrons. The molecule has 4 aliphatic rings. The number of anilines is 2. The summed E-state index contributed by atoms with van der Waals surface area (Å²) in [6, 6.07) is 10.9. The molecule has 0 saturated heterocycles. The van der Waals surface area contributed by atoms with Crippen molar-refractivity contribution < 1.29 is 49.9 Å². The Labute approximate surface area is 296 Å². The molecule has 0 heterocycles. The summed E-state index contributed by atoms with van der Waals surface area (Å²) in [6.45, 7) is 0. The molecular weight excluding hydrogens is 717 g/mol. The predicted octanol–water partition coefficient (Wildman–Crippen LogP) is 4.50. The Morgan fingerprint density at radius 2 is 1.02 bits per heavy atom. The number of rotatable bonds is 6. The summed E-state index contributed by atoms with van der Waals surface area (Å²) in [7, 11) is -9.27. The van der Waals surface area contributed by atoms with Gasteiger partial charge in [-0.25, -0.2) is 14.8 Å². The summed E-state index contributed by atoms with van der Waals surface area (Å²) in [5.74, 6) is -2.00. The van der Waals surface area contributed by atoms with Crippen LogP contribution in [0.1, 0.15) is 46.4 Å². The zero-order valence-electron chi connectivity index (χ0n) is 26.7. The van der Waals surface area contributed by atoms with Gasteiger partial charge in [0, 0.05) is 59.3 Å². The number of benzene rings is 2. The van der Waals surface area contributed by atoms with E-state index in [0.717, 1.165) is 12.2 Å². The fourth-order valence-electron chi connectivity index (χ4n) is 5.83. The van der Waals surface area contributed by atoms with Gasteiger partial charge in [0.15, 0.2) is 0 Å². The lowest BCUT2D eigenvalue weighted by Gasteiger charge is -2.21. The second kappa shape index (κ2) is 14.0. The fourth-order valence-corrected chi connectivity index (χ4v) is 7.30. The molecule has 0 fully saturated rings. The number of aliphatic imine (C=N–C) groups is 2. The van der Waals surface area contributed by atoms with E-state index >= 15 is 0 Å². The number of ketones is 2.